The third-order valence-electron chi connectivity index (χ3n) is 4.41. The van der Waals surface area contributed by atoms with E-state index in [9.17, 15) is 9.59 Å². The van der Waals surface area contributed by atoms with Gasteiger partial charge in [-0.3, -0.25) is 0 Å². The van der Waals surface area contributed by atoms with Crippen molar-refractivity contribution in [3.8, 4) is 0 Å². The second kappa shape index (κ2) is 6.93. The van der Waals surface area contributed by atoms with E-state index in [0.29, 0.717) is 13.0 Å². The molecule has 1 heterocycles. The fraction of sp³-hybridized carbons (Fsp3) is 0.412. The Labute approximate surface area is 147 Å². The Hall–Kier alpha value is -1.18. The summed E-state index contributed by atoms with van der Waals surface area (Å²) in [5.41, 5.74) is 1.51. The monoisotopic (exact) mass is 491 g/mol. The Morgan fingerprint density at radius 3 is 2.50 bits per heavy atom. The van der Waals surface area contributed by atoms with Gasteiger partial charge in [-0.05, 0) is 6.92 Å². The van der Waals surface area contributed by atoms with Crippen molar-refractivity contribution < 1.29 is 14.3 Å². The van der Waals surface area contributed by atoms with Crippen LogP contribution in [0.5, 0.6) is 0 Å². The summed E-state index contributed by atoms with van der Waals surface area (Å²) in [4.78, 5) is 24.3. The Balaban J connectivity index is 2.18. The first-order chi connectivity index (χ1) is 10.4. The topological polar surface area (TPSA) is 46.6 Å². The van der Waals surface area contributed by atoms with Crippen LogP contribution in [0, 0.1) is 5.41 Å². The number of imide groups is 1. The molecule has 0 aromatic heterocycles. The Bertz CT molecular complexity index is 596. The molecule has 5 heteroatoms. The van der Waals surface area contributed by atoms with Gasteiger partial charge < -0.3 is 0 Å². The Kier molecular flexibility index (Phi) is 5.42. The summed E-state index contributed by atoms with van der Waals surface area (Å²) in [5.74, 6) is -0.0337. The average molecular weight is 491 g/mol. The summed E-state index contributed by atoms with van der Waals surface area (Å²) in [6, 6.07) is 8.06. The van der Waals surface area contributed by atoms with E-state index in [2.05, 4.69) is 0 Å². The molecule has 1 aromatic carbocycles. The molecule has 1 saturated heterocycles. The average Bonchev–Trinajstić information content (AvgIpc) is 2.72. The summed E-state index contributed by atoms with van der Waals surface area (Å²) in [5, 5.41) is 0. The van der Waals surface area contributed by atoms with E-state index in [-0.39, 0.29) is 43.8 Å². The number of carbonyl (C=O) groups excluding carboxylic acids is 2. The van der Waals surface area contributed by atoms with Crippen LogP contribution in [-0.2, 0) is 14.3 Å². The first kappa shape index (κ1) is 17.2. The van der Waals surface area contributed by atoms with Crippen molar-refractivity contribution in [2.45, 2.75) is 33.1 Å². The minimum atomic E-state index is -0.617. The summed E-state index contributed by atoms with van der Waals surface area (Å²) in [6.07, 6.45) is 3.90. The van der Waals surface area contributed by atoms with Crippen molar-refractivity contribution in [2.75, 3.05) is 6.61 Å². The minimum absolute atomic E-state index is 0.0117. The van der Waals surface area contributed by atoms with Crippen molar-refractivity contribution in [2.24, 2.45) is 5.41 Å². The normalized spacial score (nSPS) is 23.3. The van der Waals surface area contributed by atoms with Gasteiger partial charge in [-0.25, -0.2) is 0 Å². The van der Waals surface area contributed by atoms with Gasteiger partial charge in [0.2, 0.25) is 0 Å². The second-order valence-electron chi connectivity index (χ2n) is 5.81. The van der Waals surface area contributed by atoms with Gasteiger partial charge >= 0.3 is 141 Å². The van der Waals surface area contributed by atoms with E-state index in [4.69, 9.17) is 4.74 Å². The number of nitrogens with zero attached hydrogens (tertiary/aromatic N) is 1. The van der Waals surface area contributed by atoms with Gasteiger partial charge in [-0.2, -0.15) is 0 Å². The molecule has 1 aliphatic heterocycles. The molecular weight excluding hydrogens is 471 g/mol. The zero-order valence-electron chi connectivity index (χ0n) is 13.2. The van der Waals surface area contributed by atoms with Crippen LogP contribution in [0.15, 0.2) is 30.5 Å². The molecule has 2 atom stereocenters. The van der Waals surface area contributed by atoms with Crippen LogP contribution in [0.25, 0.3) is 6.08 Å². The standard InChI is InChI=1S/C17H21NO3.Tl/c1-4-21-10-9-13-5-7-14(8-6-13)12(2)17(3)11-15(19)18-16(17)20;/h5-10,12H,4,11H2,1-3H3,(H,18,19,20);/q;+1/p-1/b10-9+;/t12-,17+;/m1./s1. The fourth-order valence-electron chi connectivity index (χ4n) is 2.69. The van der Waals surface area contributed by atoms with Crippen LogP contribution >= 0.6 is 0 Å². The molecule has 4 nitrogen and oxygen atoms in total. The van der Waals surface area contributed by atoms with Crippen molar-refractivity contribution in [3.63, 3.8) is 0 Å². The number of benzene rings is 1. The molecule has 1 aromatic rings. The first-order valence-electron chi connectivity index (χ1n) is 7.40. The predicted molar refractivity (Wildman–Crippen MR) is 85.8 cm³/mol. The third-order valence-corrected chi connectivity index (χ3v) is 6.44. The third kappa shape index (κ3) is 3.26. The zero-order chi connectivity index (χ0) is 16.3. The van der Waals surface area contributed by atoms with Crippen molar-refractivity contribution >= 4 is 44.0 Å². The van der Waals surface area contributed by atoms with Crippen LogP contribution < -0.4 is 0 Å². The summed E-state index contributed by atoms with van der Waals surface area (Å²) < 4.78 is 6.60. The molecule has 0 unspecified atom stereocenters. The van der Waals surface area contributed by atoms with Crippen LogP contribution in [0.4, 0.5) is 0 Å². The molecule has 2 amide bonds. The van der Waals surface area contributed by atoms with Gasteiger partial charge in [-0.15, -0.1) is 0 Å². The first-order valence-corrected chi connectivity index (χ1v) is 9.41. The van der Waals surface area contributed by atoms with Gasteiger partial charge in [0.05, 0.1) is 0 Å². The number of hydrogen-bond acceptors (Lipinski definition) is 3. The van der Waals surface area contributed by atoms with Crippen LogP contribution in [-0.4, -0.2) is 47.2 Å². The Morgan fingerprint density at radius 2 is 2.00 bits per heavy atom. The van der Waals surface area contributed by atoms with Gasteiger partial charge in [0.15, 0.2) is 0 Å². The number of carbonyl (C=O) groups is 2. The summed E-state index contributed by atoms with van der Waals surface area (Å²) in [7, 11) is 0. The van der Waals surface area contributed by atoms with Gasteiger partial charge in [-0.1, -0.05) is 0 Å². The van der Waals surface area contributed by atoms with E-state index in [1.807, 2.05) is 51.1 Å². The molecule has 0 bridgehead atoms. The molecule has 0 N–H and O–H groups in total. The quantitative estimate of drug-likeness (QED) is 0.362. The van der Waals surface area contributed by atoms with E-state index < -0.39 is 5.41 Å². The molecule has 0 aliphatic carbocycles. The van der Waals surface area contributed by atoms with E-state index in [0.717, 1.165) is 11.1 Å². The van der Waals surface area contributed by atoms with Gasteiger partial charge in [0, 0.05) is 0 Å². The molecule has 0 spiro atoms. The van der Waals surface area contributed by atoms with Gasteiger partial charge in [0.25, 0.3) is 0 Å². The zero-order valence-corrected chi connectivity index (χ0v) is 17.7. The van der Waals surface area contributed by atoms with E-state index in [1.54, 1.807) is 6.26 Å². The van der Waals surface area contributed by atoms with Crippen molar-refractivity contribution in [3.05, 3.63) is 41.7 Å². The van der Waals surface area contributed by atoms with Crippen molar-refractivity contribution in [1.29, 1.82) is 0 Å². The van der Waals surface area contributed by atoms with E-state index in [1.165, 1.54) is 2.71 Å². The van der Waals surface area contributed by atoms with E-state index >= 15 is 0 Å². The molecule has 2 rings (SSSR count). The Morgan fingerprint density at radius 1 is 1.36 bits per heavy atom. The molecule has 1 aliphatic rings. The molecule has 114 valence electrons. The van der Waals surface area contributed by atoms with Crippen molar-refractivity contribution in [1.82, 2.24) is 2.71 Å². The predicted octanol–water partition coefficient (Wildman–Crippen LogP) is 2.65. The molecule has 1 fully saturated rings. The van der Waals surface area contributed by atoms with Gasteiger partial charge in [0.1, 0.15) is 0 Å². The molecule has 22 heavy (non-hydrogen) atoms. The number of hydrogen-bond donors (Lipinski definition) is 0. The van der Waals surface area contributed by atoms with Crippen LogP contribution in [0.2, 0.25) is 0 Å². The fourth-order valence-corrected chi connectivity index (χ4v) is 4.19. The number of amides is 2. The maximum atomic E-state index is 12.4. The molecule has 0 radical (unpaired) electrons. The van der Waals surface area contributed by atoms with Crippen LogP contribution in [0.1, 0.15) is 44.2 Å². The summed E-state index contributed by atoms with van der Waals surface area (Å²) >= 11 is 0.241. The molecular formula is C17H20NO3Tl. The number of rotatable bonds is 5. The number of ether oxygens (including phenoxy) is 1. The summed E-state index contributed by atoms with van der Waals surface area (Å²) in [6.45, 7) is 6.52. The van der Waals surface area contributed by atoms with Crippen LogP contribution in [0.3, 0.4) is 0 Å². The SMILES string of the molecule is CCO/C=C/c1ccc([C@@H](C)[C@]2(C)CC(=O)[N]([Tl])C2=O)cc1. The maximum absolute atomic E-state index is 12.4. The molecule has 0 saturated carbocycles. The second-order valence-corrected chi connectivity index (χ2v) is 7.82.